The first-order valence-corrected chi connectivity index (χ1v) is 10.3. The minimum absolute atomic E-state index is 0.0939. The van der Waals surface area contributed by atoms with E-state index in [1.165, 1.54) is 0 Å². The van der Waals surface area contributed by atoms with E-state index in [1.54, 1.807) is 18.2 Å². The maximum absolute atomic E-state index is 13.3. The lowest BCUT2D eigenvalue weighted by atomic mass is 9.90. The molecule has 150 valence electrons. The zero-order chi connectivity index (χ0) is 20.8. The Morgan fingerprint density at radius 1 is 1.07 bits per heavy atom. The third-order valence-electron chi connectivity index (χ3n) is 6.33. The fourth-order valence-electron chi connectivity index (χ4n) is 4.56. The van der Waals surface area contributed by atoms with Crippen LogP contribution in [-0.4, -0.2) is 46.5 Å². The molecule has 0 saturated carbocycles. The van der Waals surface area contributed by atoms with Gasteiger partial charge in [0.2, 0.25) is 0 Å². The Bertz CT molecular complexity index is 1190. The average molecular weight is 396 g/mol. The third-order valence-corrected chi connectivity index (χ3v) is 6.33. The summed E-state index contributed by atoms with van der Waals surface area (Å²) in [6.45, 7) is 10.1. The molecule has 0 spiro atoms. The van der Waals surface area contributed by atoms with Gasteiger partial charge in [0, 0.05) is 30.9 Å². The topological polar surface area (TPSA) is 43.8 Å². The number of likely N-dealkylation sites (tertiary alicyclic amines) is 1. The molecule has 0 aromatic heterocycles. The van der Waals surface area contributed by atoms with E-state index in [-0.39, 0.29) is 17.7 Å². The number of phenols is 1. The van der Waals surface area contributed by atoms with Crippen molar-refractivity contribution >= 4 is 16.7 Å². The van der Waals surface area contributed by atoms with Crippen LogP contribution in [-0.2, 0) is 6.42 Å². The molecule has 5 rings (SSSR count). The van der Waals surface area contributed by atoms with E-state index < -0.39 is 0 Å². The van der Waals surface area contributed by atoms with Gasteiger partial charge in [0.05, 0.1) is 6.04 Å². The van der Waals surface area contributed by atoms with Crippen LogP contribution in [0.4, 0.5) is 0 Å². The van der Waals surface area contributed by atoms with Gasteiger partial charge in [0.25, 0.3) is 5.91 Å². The Balaban J connectivity index is 1.48. The number of fused-ring (bicyclic) bond motifs is 2. The molecule has 0 radical (unpaired) electrons. The maximum Gasteiger partial charge on any atom is 0.254 e. The van der Waals surface area contributed by atoms with Gasteiger partial charge in [-0.05, 0) is 58.2 Å². The largest absolute Gasteiger partial charge is 0.508 e. The number of rotatable bonds is 4. The molecular formula is C26H24N2O2. The number of aromatic hydroxyl groups is 1. The van der Waals surface area contributed by atoms with Gasteiger partial charge in [0.15, 0.2) is 0 Å². The maximum atomic E-state index is 13.3. The Labute approximate surface area is 176 Å². The van der Waals surface area contributed by atoms with E-state index in [2.05, 4.69) is 30.2 Å². The number of hydrogen-bond donors (Lipinski definition) is 1. The second-order valence-electron chi connectivity index (χ2n) is 8.09. The monoisotopic (exact) mass is 396 g/mol. The summed E-state index contributed by atoms with van der Waals surface area (Å²) in [4.78, 5) is 17.5. The van der Waals surface area contributed by atoms with Crippen molar-refractivity contribution in [2.75, 3.05) is 19.6 Å². The first-order chi connectivity index (χ1) is 14.5. The first kappa shape index (κ1) is 18.5. The summed E-state index contributed by atoms with van der Waals surface area (Å²) in [5.74, 6) is 0.322. The van der Waals surface area contributed by atoms with Crippen LogP contribution >= 0.6 is 0 Å². The molecule has 2 aliphatic heterocycles. The van der Waals surface area contributed by atoms with Crippen LogP contribution in [0.5, 0.6) is 5.75 Å². The third kappa shape index (κ3) is 2.96. The summed E-state index contributed by atoms with van der Waals surface area (Å²) in [6, 6.07) is 17.9. The van der Waals surface area contributed by atoms with Crippen molar-refractivity contribution in [3.8, 4) is 16.9 Å². The van der Waals surface area contributed by atoms with Gasteiger partial charge in [-0.1, -0.05) is 49.6 Å². The molecule has 3 aromatic rings. The van der Waals surface area contributed by atoms with Crippen LogP contribution in [0.1, 0.15) is 15.9 Å². The minimum Gasteiger partial charge on any atom is -0.508 e. The number of hydrogen-bond acceptors (Lipinski definition) is 3. The number of amides is 1. The molecule has 0 atom stereocenters. The summed E-state index contributed by atoms with van der Waals surface area (Å²) < 4.78 is 0. The SMILES string of the molecule is C=CC(=C)N1CC(N2CCc3ccc(-c4cc(O)cc5ccccc45)cc3C2=O)C1. The molecule has 1 N–H and O–H groups in total. The number of benzene rings is 3. The van der Waals surface area contributed by atoms with Gasteiger partial charge in [-0.3, -0.25) is 4.79 Å². The Morgan fingerprint density at radius 2 is 1.87 bits per heavy atom. The van der Waals surface area contributed by atoms with E-state index in [1.807, 2.05) is 35.2 Å². The first-order valence-electron chi connectivity index (χ1n) is 10.3. The van der Waals surface area contributed by atoms with Crippen molar-refractivity contribution in [1.82, 2.24) is 9.80 Å². The van der Waals surface area contributed by atoms with E-state index in [9.17, 15) is 9.90 Å². The van der Waals surface area contributed by atoms with E-state index in [4.69, 9.17) is 0 Å². The van der Waals surface area contributed by atoms with Gasteiger partial charge >= 0.3 is 0 Å². The van der Waals surface area contributed by atoms with Gasteiger partial charge in [0.1, 0.15) is 5.75 Å². The Kier molecular flexibility index (Phi) is 4.35. The van der Waals surface area contributed by atoms with Crippen molar-refractivity contribution in [1.29, 1.82) is 0 Å². The van der Waals surface area contributed by atoms with Crippen LogP contribution in [0.3, 0.4) is 0 Å². The molecule has 0 aliphatic carbocycles. The zero-order valence-electron chi connectivity index (χ0n) is 16.8. The molecule has 2 heterocycles. The molecule has 2 aliphatic rings. The molecule has 1 saturated heterocycles. The number of carbonyl (C=O) groups is 1. The summed E-state index contributed by atoms with van der Waals surface area (Å²) in [5, 5.41) is 12.3. The minimum atomic E-state index is 0.0939. The number of nitrogens with zero attached hydrogens (tertiary/aromatic N) is 2. The van der Waals surface area contributed by atoms with Gasteiger partial charge in [-0.15, -0.1) is 0 Å². The summed E-state index contributed by atoms with van der Waals surface area (Å²) in [7, 11) is 0. The quantitative estimate of drug-likeness (QED) is 0.656. The molecule has 1 amide bonds. The lowest BCUT2D eigenvalue weighted by Gasteiger charge is -2.48. The molecule has 4 nitrogen and oxygen atoms in total. The highest BCUT2D eigenvalue weighted by Gasteiger charge is 2.37. The molecule has 30 heavy (non-hydrogen) atoms. The number of allylic oxidation sites excluding steroid dienone is 1. The van der Waals surface area contributed by atoms with Gasteiger partial charge < -0.3 is 14.9 Å². The fraction of sp³-hybridized carbons (Fsp3) is 0.192. The van der Waals surface area contributed by atoms with Crippen LogP contribution in [0.2, 0.25) is 0 Å². The van der Waals surface area contributed by atoms with Crippen molar-refractivity contribution in [3.05, 3.63) is 90.7 Å². The lowest BCUT2D eigenvalue weighted by Crippen LogP contribution is -2.61. The normalized spacial score (nSPS) is 16.3. The van der Waals surface area contributed by atoms with Crippen molar-refractivity contribution in [2.24, 2.45) is 0 Å². The molecule has 1 fully saturated rings. The highest BCUT2D eigenvalue weighted by molar-refractivity contribution is 6.01. The van der Waals surface area contributed by atoms with Crippen molar-refractivity contribution < 1.29 is 9.90 Å². The highest BCUT2D eigenvalue weighted by atomic mass is 16.3. The second-order valence-corrected chi connectivity index (χ2v) is 8.09. The summed E-state index contributed by atoms with van der Waals surface area (Å²) >= 11 is 0. The summed E-state index contributed by atoms with van der Waals surface area (Å²) in [5.41, 5.74) is 4.67. The van der Waals surface area contributed by atoms with Crippen molar-refractivity contribution in [3.63, 3.8) is 0 Å². The van der Waals surface area contributed by atoms with Gasteiger partial charge in [-0.25, -0.2) is 0 Å². The molecular weight excluding hydrogens is 372 g/mol. The second kappa shape index (κ2) is 7.06. The average Bonchev–Trinajstić information content (AvgIpc) is 2.73. The van der Waals surface area contributed by atoms with Crippen LogP contribution in [0.25, 0.3) is 21.9 Å². The molecule has 4 heteroatoms. The number of phenolic OH excluding ortho intramolecular Hbond substituents is 1. The van der Waals surface area contributed by atoms with E-state index >= 15 is 0 Å². The molecule has 3 aromatic carbocycles. The van der Waals surface area contributed by atoms with Crippen LogP contribution in [0.15, 0.2) is 79.5 Å². The van der Waals surface area contributed by atoms with Gasteiger partial charge in [-0.2, -0.15) is 0 Å². The lowest BCUT2D eigenvalue weighted by molar-refractivity contribution is 0.0380. The van der Waals surface area contributed by atoms with E-state index in [0.717, 1.165) is 64.8 Å². The highest BCUT2D eigenvalue weighted by Crippen LogP contribution is 2.35. The fourth-order valence-corrected chi connectivity index (χ4v) is 4.56. The predicted molar refractivity (Wildman–Crippen MR) is 120 cm³/mol. The van der Waals surface area contributed by atoms with Crippen molar-refractivity contribution in [2.45, 2.75) is 12.5 Å². The van der Waals surface area contributed by atoms with Crippen LogP contribution < -0.4 is 0 Å². The molecule has 0 bridgehead atoms. The smallest absolute Gasteiger partial charge is 0.254 e. The number of carbonyl (C=O) groups excluding carboxylic acids is 1. The van der Waals surface area contributed by atoms with Crippen LogP contribution in [0, 0.1) is 0 Å². The van der Waals surface area contributed by atoms with E-state index in [0.29, 0.717) is 0 Å². The zero-order valence-corrected chi connectivity index (χ0v) is 16.8. The Morgan fingerprint density at radius 3 is 2.67 bits per heavy atom. The standard InChI is InChI=1S/C26H24N2O2/c1-3-17(2)27-15-21(16-27)28-11-10-18-8-9-20(13-25(18)26(28)30)24-14-22(29)12-19-6-4-5-7-23(19)24/h3-9,12-14,21,29H,1-2,10-11,15-16H2. The summed E-state index contributed by atoms with van der Waals surface area (Å²) in [6.07, 6.45) is 2.62. The molecule has 0 unspecified atom stereocenters. The Hall–Kier alpha value is -3.53. The predicted octanol–water partition coefficient (Wildman–Crippen LogP) is 4.59.